The molecule has 86 valence electrons. The van der Waals surface area contributed by atoms with E-state index in [-0.39, 0.29) is 5.91 Å². The first-order valence-corrected chi connectivity index (χ1v) is 6.16. The van der Waals surface area contributed by atoms with Crippen molar-refractivity contribution in [1.29, 1.82) is 0 Å². The number of hydrogen-bond acceptors (Lipinski definition) is 1. The van der Waals surface area contributed by atoms with Crippen LogP contribution in [0.1, 0.15) is 58.8 Å². The Kier molecular flexibility index (Phi) is 5.44. The first kappa shape index (κ1) is 12.3. The summed E-state index contributed by atoms with van der Waals surface area (Å²) in [5.74, 6) is 0.132. The fraction of sp³-hybridized carbons (Fsp3) is 0.769. The van der Waals surface area contributed by atoms with E-state index in [1.807, 2.05) is 6.92 Å². The summed E-state index contributed by atoms with van der Waals surface area (Å²) in [6.07, 6.45) is 8.67. The third-order valence-corrected chi connectivity index (χ3v) is 3.24. The van der Waals surface area contributed by atoms with Crippen LogP contribution in [0.3, 0.4) is 0 Å². The summed E-state index contributed by atoms with van der Waals surface area (Å²) < 4.78 is 0. The number of amides is 1. The van der Waals surface area contributed by atoms with Crippen molar-refractivity contribution in [2.75, 3.05) is 6.54 Å². The van der Waals surface area contributed by atoms with E-state index in [1.165, 1.54) is 37.7 Å². The smallest absolute Gasteiger partial charge is 0.246 e. The van der Waals surface area contributed by atoms with E-state index >= 15 is 0 Å². The lowest BCUT2D eigenvalue weighted by Crippen LogP contribution is -2.25. The van der Waals surface area contributed by atoms with Crippen molar-refractivity contribution < 1.29 is 4.79 Å². The van der Waals surface area contributed by atoms with Gasteiger partial charge in [0.1, 0.15) is 0 Å². The lowest BCUT2D eigenvalue weighted by atomic mass is 10.0. The van der Waals surface area contributed by atoms with Gasteiger partial charge >= 0.3 is 0 Å². The van der Waals surface area contributed by atoms with Crippen LogP contribution in [-0.4, -0.2) is 12.5 Å². The lowest BCUT2D eigenvalue weighted by Gasteiger charge is -2.11. The average molecular weight is 209 g/mol. The predicted molar refractivity (Wildman–Crippen MR) is 63.7 cm³/mol. The van der Waals surface area contributed by atoms with Gasteiger partial charge in [-0.3, -0.25) is 4.79 Å². The maximum absolute atomic E-state index is 11.7. The van der Waals surface area contributed by atoms with Crippen molar-refractivity contribution in [2.24, 2.45) is 0 Å². The number of rotatable bonds is 0. The zero-order valence-corrected chi connectivity index (χ0v) is 10.1. The molecular weight excluding hydrogens is 186 g/mol. The maximum atomic E-state index is 11.7. The summed E-state index contributed by atoms with van der Waals surface area (Å²) in [5, 5.41) is 2.98. The predicted octanol–water partition coefficient (Wildman–Crippen LogP) is 3.18. The Morgan fingerprint density at radius 2 is 1.53 bits per heavy atom. The van der Waals surface area contributed by atoms with Gasteiger partial charge in [-0.1, -0.05) is 31.3 Å². The molecule has 0 bridgehead atoms. The van der Waals surface area contributed by atoms with Gasteiger partial charge in [-0.25, -0.2) is 0 Å². The van der Waals surface area contributed by atoms with Crippen LogP contribution in [-0.2, 0) is 4.79 Å². The molecule has 1 aliphatic rings. The molecule has 0 aromatic rings. The van der Waals surface area contributed by atoms with Gasteiger partial charge in [0.25, 0.3) is 0 Å². The zero-order valence-electron chi connectivity index (χ0n) is 10.1. The van der Waals surface area contributed by atoms with Crippen molar-refractivity contribution >= 4 is 5.91 Å². The molecular formula is C13H23NO. The molecule has 0 saturated carbocycles. The van der Waals surface area contributed by atoms with Gasteiger partial charge in [-0.15, -0.1) is 0 Å². The molecule has 1 aliphatic heterocycles. The Labute approximate surface area is 93.1 Å². The summed E-state index contributed by atoms with van der Waals surface area (Å²) in [6, 6.07) is 0. The van der Waals surface area contributed by atoms with Crippen molar-refractivity contribution in [2.45, 2.75) is 58.8 Å². The molecule has 0 aliphatic carbocycles. The second-order valence-electron chi connectivity index (χ2n) is 4.53. The van der Waals surface area contributed by atoms with E-state index in [1.54, 1.807) is 0 Å². The molecule has 0 fully saturated rings. The summed E-state index contributed by atoms with van der Waals surface area (Å²) in [7, 11) is 0. The first-order valence-electron chi connectivity index (χ1n) is 6.16. The molecule has 0 unspecified atom stereocenters. The molecule has 1 N–H and O–H groups in total. The van der Waals surface area contributed by atoms with Crippen LogP contribution in [0.5, 0.6) is 0 Å². The summed E-state index contributed by atoms with van der Waals surface area (Å²) in [4.78, 5) is 11.7. The zero-order chi connectivity index (χ0) is 11.1. The van der Waals surface area contributed by atoms with Crippen LogP contribution in [0, 0.1) is 0 Å². The SMILES string of the molecule is C/C1=C(\C)C(=O)NCCCCCCCC1. The van der Waals surface area contributed by atoms with E-state index in [0.29, 0.717) is 0 Å². The molecule has 0 aromatic carbocycles. The molecule has 0 spiro atoms. The quantitative estimate of drug-likeness (QED) is 0.652. The van der Waals surface area contributed by atoms with Gasteiger partial charge in [-0.05, 0) is 33.1 Å². The Hall–Kier alpha value is -0.790. The van der Waals surface area contributed by atoms with Gasteiger partial charge in [0.2, 0.25) is 5.91 Å². The lowest BCUT2D eigenvalue weighted by molar-refractivity contribution is -0.117. The van der Waals surface area contributed by atoms with Crippen LogP contribution >= 0.6 is 0 Å². The standard InChI is InChI=1S/C13H23NO/c1-11-9-7-5-3-4-6-8-10-14-13(15)12(11)2/h3-10H2,1-2H3,(H,14,15)/b12-11-. The molecule has 1 rings (SSSR count). The van der Waals surface area contributed by atoms with Gasteiger partial charge in [0, 0.05) is 12.1 Å². The Morgan fingerprint density at radius 3 is 2.27 bits per heavy atom. The van der Waals surface area contributed by atoms with Crippen LogP contribution < -0.4 is 5.32 Å². The molecule has 2 nitrogen and oxygen atoms in total. The number of carbonyl (C=O) groups excluding carboxylic acids is 1. The first-order chi connectivity index (χ1) is 7.22. The van der Waals surface area contributed by atoms with E-state index in [4.69, 9.17) is 0 Å². The van der Waals surface area contributed by atoms with E-state index < -0.39 is 0 Å². The topological polar surface area (TPSA) is 29.1 Å². The highest BCUT2D eigenvalue weighted by molar-refractivity contribution is 5.93. The van der Waals surface area contributed by atoms with E-state index in [0.717, 1.165) is 25.0 Å². The molecule has 0 radical (unpaired) electrons. The van der Waals surface area contributed by atoms with Crippen molar-refractivity contribution in [3.63, 3.8) is 0 Å². The summed E-state index contributed by atoms with van der Waals surface area (Å²) in [6.45, 7) is 4.86. The minimum atomic E-state index is 0.132. The second kappa shape index (κ2) is 6.65. The minimum absolute atomic E-state index is 0.132. The largest absolute Gasteiger partial charge is 0.352 e. The third kappa shape index (κ3) is 4.50. The van der Waals surface area contributed by atoms with Crippen molar-refractivity contribution in [1.82, 2.24) is 5.32 Å². The van der Waals surface area contributed by atoms with Crippen LogP contribution in [0.4, 0.5) is 0 Å². The number of allylic oxidation sites excluding steroid dienone is 1. The third-order valence-electron chi connectivity index (χ3n) is 3.24. The highest BCUT2D eigenvalue weighted by Gasteiger charge is 2.07. The minimum Gasteiger partial charge on any atom is -0.352 e. The number of hydrogen-bond donors (Lipinski definition) is 1. The van der Waals surface area contributed by atoms with Gasteiger partial charge in [0.15, 0.2) is 0 Å². The fourth-order valence-electron chi connectivity index (χ4n) is 1.94. The molecule has 0 aromatic heterocycles. The monoisotopic (exact) mass is 209 g/mol. The average Bonchev–Trinajstić information content (AvgIpc) is 2.23. The highest BCUT2D eigenvalue weighted by atomic mass is 16.1. The van der Waals surface area contributed by atoms with Crippen molar-refractivity contribution in [3.05, 3.63) is 11.1 Å². The Balaban J connectivity index is 2.56. The number of carbonyl (C=O) groups is 1. The van der Waals surface area contributed by atoms with E-state index in [2.05, 4.69) is 12.2 Å². The molecule has 15 heavy (non-hydrogen) atoms. The van der Waals surface area contributed by atoms with Crippen molar-refractivity contribution in [3.8, 4) is 0 Å². The number of nitrogens with one attached hydrogen (secondary N) is 1. The Bertz CT molecular complexity index is 243. The van der Waals surface area contributed by atoms with E-state index in [9.17, 15) is 4.79 Å². The normalized spacial score (nSPS) is 26.4. The summed E-state index contributed by atoms with van der Waals surface area (Å²) >= 11 is 0. The summed E-state index contributed by atoms with van der Waals surface area (Å²) in [5.41, 5.74) is 2.18. The second-order valence-corrected chi connectivity index (χ2v) is 4.53. The fourth-order valence-corrected chi connectivity index (χ4v) is 1.94. The highest BCUT2D eigenvalue weighted by Crippen LogP contribution is 2.15. The van der Waals surface area contributed by atoms with Crippen LogP contribution in [0.2, 0.25) is 0 Å². The molecule has 1 amide bonds. The molecule has 0 saturated heterocycles. The molecule has 0 atom stereocenters. The molecule has 2 heteroatoms. The maximum Gasteiger partial charge on any atom is 0.246 e. The Morgan fingerprint density at radius 1 is 0.933 bits per heavy atom. The van der Waals surface area contributed by atoms with Gasteiger partial charge in [-0.2, -0.15) is 0 Å². The van der Waals surface area contributed by atoms with Crippen LogP contribution in [0.25, 0.3) is 0 Å². The van der Waals surface area contributed by atoms with Gasteiger partial charge < -0.3 is 5.32 Å². The van der Waals surface area contributed by atoms with Gasteiger partial charge in [0.05, 0.1) is 0 Å². The molecule has 1 heterocycles. The van der Waals surface area contributed by atoms with Crippen LogP contribution in [0.15, 0.2) is 11.1 Å².